The Morgan fingerprint density at radius 1 is 0.680 bits per heavy atom. The third kappa shape index (κ3) is 6.89. The second-order valence-electron chi connectivity index (χ2n) is 13.8. The predicted molar refractivity (Wildman–Crippen MR) is 203 cm³/mol. The van der Waals surface area contributed by atoms with E-state index in [9.17, 15) is 0 Å². The van der Waals surface area contributed by atoms with E-state index >= 15 is 0 Å². The molecule has 1 radical (unpaired) electrons. The maximum absolute atomic E-state index is 5.79. The Morgan fingerprint density at radius 2 is 1.44 bits per heavy atom. The molecule has 0 aliphatic heterocycles. The van der Waals surface area contributed by atoms with E-state index in [1.165, 1.54) is 38.6 Å². The van der Waals surface area contributed by atoms with Crippen molar-refractivity contribution in [3.05, 3.63) is 150 Å². The van der Waals surface area contributed by atoms with Crippen molar-refractivity contribution >= 4 is 32.6 Å². The van der Waals surface area contributed by atoms with E-state index in [0.29, 0.717) is 0 Å². The summed E-state index contributed by atoms with van der Waals surface area (Å²) in [7, 11) is 0. The average Bonchev–Trinajstić information content (AvgIpc) is 3.59. The molecule has 4 aromatic heterocycles. The summed E-state index contributed by atoms with van der Waals surface area (Å²) in [6.07, 6.45) is 5.58. The molecule has 0 bridgehead atoms. The summed E-state index contributed by atoms with van der Waals surface area (Å²) in [5.74, 6) is 0. The van der Waals surface area contributed by atoms with Gasteiger partial charge in [-0.2, -0.15) is 0 Å². The Balaban J connectivity index is 0.000000215. The summed E-state index contributed by atoms with van der Waals surface area (Å²) in [6.45, 7) is 14.9. The van der Waals surface area contributed by atoms with E-state index in [0.717, 1.165) is 55.6 Å². The van der Waals surface area contributed by atoms with Gasteiger partial charge in [0.25, 0.3) is 0 Å². The molecule has 0 N–H and O–H groups in total. The zero-order chi connectivity index (χ0) is 34.3. The monoisotopic (exact) mass is 830 g/mol. The fourth-order valence-corrected chi connectivity index (χ4v) is 6.02. The second kappa shape index (κ2) is 14.1. The molecule has 0 unspecified atom stereocenters. The number of fused-ring (bicyclic) bond motifs is 4. The van der Waals surface area contributed by atoms with E-state index < -0.39 is 0 Å². The van der Waals surface area contributed by atoms with Crippen LogP contribution in [0.5, 0.6) is 0 Å². The van der Waals surface area contributed by atoms with Gasteiger partial charge in [-0.25, -0.2) is 0 Å². The molecular weight excluding hydrogens is 791 g/mol. The summed E-state index contributed by atoms with van der Waals surface area (Å²) in [5, 5.41) is 4.36. The maximum atomic E-state index is 5.79. The number of furan rings is 1. The number of hydrogen-bond acceptors (Lipinski definition) is 4. The minimum absolute atomic E-state index is 0. The third-order valence-electron chi connectivity index (χ3n) is 9.27. The van der Waals surface area contributed by atoms with Gasteiger partial charge in [0, 0.05) is 61.1 Å². The Bertz CT molecular complexity index is 2420. The van der Waals surface area contributed by atoms with Gasteiger partial charge in [-0.15, -0.1) is 41.0 Å². The molecule has 0 atom stereocenters. The molecule has 251 valence electrons. The van der Waals surface area contributed by atoms with Gasteiger partial charge < -0.3 is 9.40 Å². The van der Waals surface area contributed by atoms with Gasteiger partial charge in [-0.1, -0.05) is 129 Å². The van der Waals surface area contributed by atoms with Crippen LogP contribution in [0.15, 0.2) is 114 Å². The van der Waals surface area contributed by atoms with Gasteiger partial charge in [-0.3, -0.25) is 9.97 Å². The van der Waals surface area contributed by atoms with Crippen molar-refractivity contribution in [2.75, 3.05) is 0 Å². The fourth-order valence-electron chi connectivity index (χ4n) is 6.02. The standard InChI is InChI=1S/C30H23N2O.C15H16N.Ir/c1-30(2,3)27-14-12-24-25(17-20-15-16-33-29(20)28(24)32-27)26-13-11-21(18-31-26)23-10-6-8-19-7-4-5-9-22(19)23;1-10-5-6-14(7-11(10)2)15-8-12(3)13(4)9-16-15;/h4-16,18H,1-3H3;5,7-9H,1-4H3;/q2*-1;. The van der Waals surface area contributed by atoms with E-state index in [1.807, 2.05) is 24.5 Å². The number of pyridine rings is 3. The van der Waals surface area contributed by atoms with E-state index in [1.54, 1.807) is 6.26 Å². The second-order valence-corrected chi connectivity index (χ2v) is 13.8. The Hall–Kier alpha value is -4.96. The minimum Gasteiger partial charge on any atom is -0.506 e. The van der Waals surface area contributed by atoms with Crippen molar-refractivity contribution in [3.8, 4) is 33.6 Å². The molecule has 8 rings (SSSR count). The third-order valence-corrected chi connectivity index (χ3v) is 9.27. The molecule has 8 aromatic rings. The molecule has 0 saturated carbocycles. The Kier molecular flexibility index (Phi) is 9.84. The van der Waals surface area contributed by atoms with Crippen LogP contribution >= 0.6 is 0 Å². The van der Waals surface area contributed by atoms with Crippen LogP contribution in [0.3, 0.4) is 0 Å². The minimum atomic E-state index is -0.0504. The first-order valence-electron chi connectivity index (χ1n) is 16.7. The summed E-state index contributed by atoms with van der Waals surface area (Å²) in [5.41, 5.74) is 13.8. The Morgan fingerprint density at radius 3 is 2.18 bits per heavy atom. The number of aromatic nitrogens is 3. The summed E-state index contributed by atoms with van der Waals surface area (Å²) >= 11 is 0. The van der Waals surface area contributed by atoms with Crippen LogP contribution in [0.25, 0.3) is 66.3 Å². The number of aryl methyl sites for hydroxylation is 4. The first-order chi connectivity index (χ1) is 23.6. The Labute approximate surface area is 308 Å². The van der Waals surface area contributed by atoms with E-state index in [-0.39, 0.29) is 25.5 Å². The molecule has 4 nitrogen and oxygen atoms in total. The zero-order valence-corrected chi connectivity index (χ0v) is 31.9. The van der Waals surface area contributed by atoms with Crippen LogP contribution in [-0.2, 0) is 25.5 Å². The number of benzene rings is 4. The fraction of sp³-hybridized carbons (Fsp3) is 0.178. The van der Waals surface area contributed by atoms with Crippen molar-refractivity contribution in [2.24, 2.45) is 0 Å². The first-order valence-corrected chi connectivity index (χ1v) is 16.7. The molecule has 0 amide bonds. The molecule has 0 fully saturated rings. The largest absolute Gasteiger partial charge is 0.506 e. The SMILES string of the molecule is CC(C)(C)c1ccc2c(-c3ccc(-c4cccc5ccccc45)cn3)[c-]c3ccoc3c2n1.Cc1c[c-]c(-c2cc(C)c(C)cn2)cc1C.[Ir]. The average molecular weight is 830 g/mol. The van der Waals surface area contributed by atoms with E-state index in [2.05, 4.69) is 144 Å². The van der Waals surface area contributed by atoms with Gasteiger partial charge in [0.15, 0.2) is 0 Å². The van der Waals surface area contributed by atoms with E-state index in [4.69, 9.17) is 14.4 Å². The number of rotatable bonds is 3. The van der Waals surface area contributed by atoms with Crippen LogP contribution in [0.1, 0.15) is 48.7 Å². The van der Waals surface area contributed by atoms with Crippen LogP contribution in [0.4, 0.5) is 0 Å². The van der Waals surface area contributed by atoms with Gasteiger partial charge >= 0.3 is 0 Å². The molecule has 0 saturated heterocycles. The van der Waals surface area contributed by atoms with Crippen molar-refractivity contribution in [3.63, 3.8) is 0 Å². The molecule has 50 heavy (non-hydrogen) atoms. The predicted octanol–water partition coefficient (Wildman–Crippen LogP) is 11.7. The summed E-state index contributed by atoms with van der Waals surface area (Å²) in [4.78, 5) is 14.3. The zero-order valence-electron chi connectivity index (χ0n) is 29.5. The molecule has 0 aliphatic carbocycles. The number of hydrogen-bond donors (Lipinski definition) is 0. The first kappa shape index (κ1) is 34.9. The topological polar surface area (TPSA) is 51.8 Å². The smallest absolute Gasteiger partial charge is 0.0847 e. The molecular formula is C45H39IrN3O-2. The number of nitrogens with zero attached hydrogens (tertiary/aromatic N) is 3. The maximum Gasteiger partial charge on any atom is 0.0847 e. The van der Waals surface area contributed by atoms with Crippen LogP contribution in [0.2, 0.25) is 0 Å². The molecule has 4 heterocycles. The normalized spacial score (nSPS) is 11.3. The molecule has 4 aromatic carbocycles. The van der Waals surface area contributed by atoms with Crippen LogP contribution in [-0.4, -0.2) is 15.0 Å². The van der Waals surface area contributed by atoms with Gasteiger partial charge in [0.05, 0.1) is 5.58 Å². The summed E-state index contributed by atoms with van der Waals surface area (Å²) < 4.78 is 5.79. The molecule has 0 aliphatic rings. The van der Waals surface area contributed by atoms with Crippen molar-refractivity contribution in [1.29, 1.82) is 0 Å². The summed E-state index contributed by atoms with van der Waals surface area (Å²) in [6, 6.07) is 38.3. The van der Waals surface area contributed by atoms with Gasteiger partial charge in [-0.05, 0) is 53.1 Å². The molecule has 0 spiro atoms. The van der Waals surface area contributed by atoms with Crippen molar-refractivity contribution < 1.29 is 24.5 Å². The van der Waals surface area contributed by atoms with Crippen molar-refractivity contribution in [2.45, 2.75) is 53.9 Å². The van der Waals surface area contributed by atoms with Gasteiger partial charge in [0.1, 0.15) is 0 Å². The van der Waals surface area contributed by atoms with Crippen molar-refractivity contribution in [1.82, 2.24) is 15.0 Å². The quantitative estimate of drug-likeness (QED) is 0.166. The van der Waals surface area contributed by atoms with Gasteiger partial charge in [0.2, 0.25) is 0 Å². The van der Waals surface area contributed by atoms with Crippen LogP contribution in [0, 0.1) is 39.8 Å². The van der Waals surface area contributed by atoms with Crippen LogP contribution < -0.4 is 0 Å². The molecule has 5 heteroatoms.